The number of pyridine rings is 1. The molecule has 0 saturated heterocycles. The van der Waals surface area contributed by atoms with Crippen LogP contribution >= 0.6 is 0 Å². The Bertz CT molecular complexity index is 1020. The van der Waals surface area contributed by atoms with Crippen LogP contribution in [0.5, 0.6) is 17.5 Å². The number of rotatable bonds is 6. The number of hydrogen-bond donors (Lipinski definition) is 1. The van der Waals surface area contributed by atoms with Crippen molar-refractivity contribution in [2.75, 3.05) is 12.0 Å². The molecule has 29 heavy (non-hydrogen) atoms. The van der Waals surface area contributed by atoms with E-state index in [0.717, 1.165) is 16.8 Å². The summed E-state index contributed by atoms with van der Waals surface area (Å²) in [7, 11) is 1.57. The summed E-state index contributed by atoms with van der Waals surface area (Å²) in [6.07, 6.45) is 4.17. The number of hydrogen-bond acceptors (Lipinski definition) is 7. The topological polar surface area (TPSA) is 103 Å². The Labute approximate surface area is 168 Å². The third kappa shape index (κ3) is 4.02. The van der Waals surface area contributed by atoms with Gasteiger partial charge in [0.2, 0.25) is 17.7 Å². The number of ether oxygens (including phenoxy) is 2. The molecule has 8 heteroatoms. The van der Waals surface area contributed by atoms with Crippen LogP contribution in [-0.2, 0) is 24.3 Å². The summed E-state index contributed by atoms with van der Waals surface area (Å²) >= 11 is 0. The first-order valence-corrected chi connectivity index (χ1v) is 9.28. The molecule has 1 aromatic carbocycles. The summed E-state index contributed by atoms with van der Waals surface area (Å²) in [5, 5.41) is 0. The van der Waals surface area contributed by atoms with Gasteiger partial charge in [0.05, 0.1) is 25.0 Å². The lowest BCUT2D eigenvalue weighted by Gasteiger charge is -2.30. The standard InChI is InChI=1S/C21H21N5O3/c1-28-19-7-5-14(11-23-19)12-26-17-3-2-4-18(16(17)6-8-21(26)27)29-20-9-15(10-22)24-13-25-20/h2-5,7,9,11,13H,6,8,10,12,22H2,1H3. The van der Waals surface area contributed by atoms with Crippen molar-refractivity contribution in [3.8, 4) is 17.5 Å². The van der Waals surface area contributed by atoms with Gasteiger partial charge in [0.1, 0.15) is 12.1 Å². The number of aromatic nitrogens is 3. The van der Waals surface area contributed by atoms with Gasteiger partial charge in [-0.25, -0.2) is 15.0 Å². The lowest BCUT2D eigenvalue weighted by atomic mass is 9.99. The number of methoxy groups -OCH3 is 1. The molecule has 2 N–H and O–H groups in total. The zero-order valence-corrected chi connectivity index (χ0v) is 16.0. The molecule has 2 aromatic heterocycles. The zero-order chi connectivity index (χ0) is 20.2. The van der Waals surface area contributed by atoms with Gasteiger partial charge in [0, 0.05) is 36.9 Å². The molecule has 3 heterocycles. The summed E-state index contributed by atoms with van der Waals surface area (Å²) < 4.78 is 11.1. The van der Waals surface area contributed by atoms with Crippen molar-refractivity contribution in [2.45, 2.75) is 25.9 Å². The number of nitrogens with zero attached hydrogens (tertiary/aromatic N) is 4. The molecule has 3 aromatic rings. The van der Waals surface area contributed by atoms with E-state index in [1.54, 1.807) is 30.3 Å². The molecule has 1 aliphatic rings. The predicted octanol–water partition coefficient (Wildman–Crippen LogP) is 2.61. The summed E-state index contributed by atoms with van der Waals surface area (Å²) in [6.45, 7) is 0.737. The SMILES string of the molecule is COc1ccc(CN2C(=O)CCc3c(Oc4cc(CN)ncn4)cccc32)cn1. The Morgan fingerprint density at radius 2 is 2.00 bits per heavy atom. The molecular weight excluding hydrogens is 370 g/mol. The second-order valence-corrected chi connectivity index (χ2v) is 6.60. The number of benzene rings is 1. The molecule has 1 amide bonds. The number of nitrogens with two attached hydrogens (primary N) is 1. The van der Waals surface area contributed by atoms with E-state index >= 15 is 0 Å². The second-order valence-electron chi connectivity index (χ2n) is 6.60. The minimum absolute atomic E-state index is 0.0675. The largest absolute Gasteiger partial charge is 0.481 e. The summed E-state index contributed by atoms with van der Waals surface area (Å²) in [5.41, 5.74) is 9.07. The van der Waals surface area contributed by atoms with Crippen LogP contribution in [-0.4, -0.2) is 28.0 Å². The molecule has 0 spiro atoms. The van der Waals surface area contributed by atoms with Crippen molar-refractivity contribution < 1.29 is 14.3 Å². The van der Waals surface area contributed by atoms with E-state index < -0.39 is 0 Å². The van der Waals surface area contributed by atoms with Gasteiger partial charge in [0.15, 0.2) is 0 Å². The lowest BCUT2D eigenvalue weighted by molar-refractivity contribution is -0.119. The summed E-state index contributed by atoms with van der Waals surface area (Å²) in [4.78, 5) is 26.9. The van der Waals surface area contributed by atoms with Crippen molar-refractivity contribution in [1.29, 1.82) is 0 Å². The van der Waals surface area contributed by atoms with Crippen LogP contribution in [0.15, 0.2) is 48.9 Å². The van der Waals surface area contributed by atoms with Crippen molar-refractivity contribution in [3.63, 3.8) is 0 Å². The Morgan fingerprint density at radius 1 is 1.10 bits per heavy atom. The van der Waals surface area contributed by atoms with Gasteiger partial charge >= 0.3 is 0 Å². The first-order valence-electron chi connectivity index (χ1n) is 9.28. The maximum absolute atomic E-state index is 12.6. The average Bonchev–Trinajstić information content (AvgIpc) is 2.76. The van der Waals surface area contributed by atoms with Gasteiger partial charge in [-0.1, -0.05) is 12.1 Å². The van der Waals surface area contributed by atoms with E-state index in [2.05, 4.69) is 15.0 Å². The number of fused-ring (bicyclic) bond motifs is 1. The smallest absolute Gasteiger partial charge is 0.227 e. The molecule has 0 saturated carbocycles. The number of carbonyl (C=O) groups is 1. The molecule has 0 unspecified atom stereocenters. The second kappa shape index (κ2) is 8.24. The van der Waals surface area contributed by atoms with Crippen LogP contribution in [0, 0.1) is 0 Å². The molecule has 148 valence electrons. The fourth-order valence-corrected chi connectivity index (χ4v) is 3.29. The third-order valence-electron chi connectivity index (χ3n) is 4.76. The third-order valence-corrected chi connectivity index (χ3v) is 4.76. The highest BCUT2D eigenvalue weighted by molar-refractivity contribution is 5.96. The Balaban J connectivity index is 1.62. The highest BCUT2D eigenvalue weighted by Gasteiger charge is 2.27. The maximum atomic E-state index is 12.6. The van der Waals surface area contributed by atoms with Crippen molar-refractivity contribution >= 4 is 11.6 Å². The van der Waals surface area contributed by atoms with Crippen LogP contribution in [0.3, 0.4) is 0 Å². The fourth-order valence-electron chi connectivity index (χ4n) is 3.29. The molecule has 1 aliphatic heterocycles. The van der Waals surface area contributed by atoms with E-state index in [-0.39, 0.29) is 5.91 Å². The highest BCUT2D eigenvalue weighted by Crippen LogP contribution is 2.37. The van der Waals surface area contributed by atoms with Crippen molar-refractivity contribution in [2.24, 2.45) is 5.73 Å². The molecule has 0 radical (unpaired) electrons. The molecular formula is C21H21N5O3. The van der Waals surface area contributed by atoms with E-state index in [4.69, 9.17) is 15.2 Å². The van der Waals surface area contributed by atoms with Gasteiger partial charge < -0.3 is 20.1 Å². The van der Waals surface area contributed by atoms with Crippen LogP contribution in [0.25, 0.3) is 0 Å². The molecule has 4 rings (SSSR count). The lowest BCUT2D eigenvalue weighted by Crippen LogP contribution is -2.34. The maximum Gasteiger partial charge on any atom is 0.227 e. The minimum atomic E-state index is 0.0675. The van der Waals surface area contributed by atoms with Crippen LogP contribution in [0.1, 0.15) is 23.2 Å². The zero-order valence-electron chi connectivity index (χ0n) is 16.0. The molecule has 0 atom stereocenters. The monoisotopic (exact) mass is 391 g/mol. The molecule has 0 bridgehead atoms. The van der Waals surface area contributed by atoms with Crippen molar-refractivity contribution in [3.05, 3.63) is 65.7 Å². The van der Waals surface area contributed by atoms with Crippen LogP contribution < -0.4 is 20.1 Å². The predicted molar refractivity (Wildman–Crippen MR) is 107 cm³/mol. The first kappa shape index (κ1) is 18.8. The van der Waals surface area contributed by atoms with Gasteiger partial charge in [-0.2, -0.15) is 0 Å². The Kier molecular flexibility index (Phi) is 5.35. The number of amides is 1. The number of anilines is 1. The van der Waals surface area contributed by atoms with E-state index in [1.807, 2.05) is 24.3 Å². The minimum Gasteiger partial charge on any atom is -0.481 e. The van der Waals surface area contributed by atoms with Gasteiger partial charge in [-0.05, 0) is 24.1 Å². The Morgan fingerprint density at radius 3 is 2.76 bits per heavy atom. The van der Waals surface area contributed by atoms with Gasteiger partial charge in [0.25, 0.3) is 0 Å². The molecule has 0 aliphatic carbocycles. The molecule has 0 fully saturated rings. The number of carbonyl (C=O) groups excluding carboxylic acids is 1. The molecule has 8 nitrogen and oxygen atoms in total. The van der Waals surface area contributed by atoms with Gasteiger partial charge in [-0.3, -0.25) is 4.79 Å². The average molecular weight is 391 g/mol. The van der Waals surface area contributed by atoms with Gasteiger partial charge in [-0.15, -0.1) is 0 Å². The summed E-state index contributed by atoms with van der Waals surface area (Å²) in [5.74, 6) is 1.71. The van der Waals surface area contributed by atoms with E-state index in [9.17, 15) is 4.79 Å². The quantitative estimate of drug-likeness (QED) is 0.689. The van der Waals surface area contributed by atoms with Crippen molar-refractivity contribution in [1.82, 2.24) is 15.0 Å². The van der Waals surface area contributed by atoms with Crippen LogP contribution in [0.2, 0.25) is 0 Å². The summed E-state index contributed by atoms with van der Waals surface area (Å²) in [6, 6.07) is 11.1. The first-order chi connectivity index (χ1) is 14.2. The normalized spacial score (nSPS) is 13.2. The fraction of sp³-hybridized carbons (Fsp3) is 0.238. The van der Waals surface area contributed by atoms with E-state index in [1.165, 1.54) is 6.33 Å². The van der Waals surface area contributed by atoms with E-state index in [0.29, 0.717) is 49.1 Å². The van der Waals surface area contributed by atoms with Crippen LogP contribution in [0.4, 0.5) is 5.69 Å². The highest BCUT2D eigenvalue weighted by atomic mass is 16.5. The Hall–Kier alpha value is -3.52.